The van der Waals surface area contributed by atoms with Gasteiger partial charge in [-0.15, -0.1) is 6.58 Å². The van der Waals surface area contributed by atoms with E-state index in [9.17, 15) is 19.2 Å². The Morgan fingerprint density at radius 2 is 1.81 bits per heavy atom. The quantitative estimate of drug-likeness (QED) is 0.319. The monoisotopic (exact) mass is 519 g/mol. The van der Waals surface area contributed by atoms with Gasteiger partial charge in [0.05, 0.1) is 20.3 Å². The predicted octanol–water partition coefficient (Wildman–Crippen LogP) is 2.93. The molecule has 2 heterocycles. The van der Waals surface area contributed by atoms with Crippen LogP contribution in [0.3, 0.4) is 0 Å². The highest BCUT2D eigenvalue weighted by atomic mass is 16.6. The molecule has 2 aliphatic rings. The number of amides is 3. The SMILES string of the molecule is C=CCOCC(NC(=O)OC(C)(C)C)C(=O)N1CCCC1C(=O)OC.O=C(O)N1Cc2ccccc2C1. The fourth-order valence-corrected chi connectivity index (χ4v) is 3.97. The van der Waals surface area contributed by atoms with Crippen LogP contribution in [0, 0.1) is 0 Å². The third kappa shape index (κ3) is 9.09. The van der Waals surface area contributed by atoms with Crippen LogP contribution in [-0.2, 0) is 36.9 Å². The van der Waals surface area contributed by atoms with Crippen LogP contribution in [0.1, 0.15) is 44.7 Å². The van der Waals surface area contributed by atoms with E-state index in [1.807, 2.05) is 24.3 Å². The lowest BCUT2D eigenvalue weighted by Crippen LogP contribution is -2.54. The molecule has 11 heteroatoms. The second-order valence-corrected chi connectivity index (χ2v) is 9.65. The van der Waals surface area contributed by atoms with Crippen molar-refractivity contribution < 1.29 is 38.5 Å². The van der Waals surface area contributed by atoms with Crippen LogP contribution in [0.15, 0.2) is 36.9 Å². The molecule has 3 rings (SSSR count). The lowest BCUT2D eigenvalue weighted by Gasteiger charge is -2.28. The normalized spacial score (nSPS) is 17.1. The molecule has 3 amide bonds. The summed E-state index contributed by atoms with van der Waals surface area (Å²) in [5, 5.41) is 11.2. The van der Waals surface area contributed by atoms with Crippen molar-refractivity contribution in [3.63, 3.8) is 0 Å². The van der Waals surface area contributed by atoms with E-state index in [1.165, 1.54) is 16.9 Å². The number of carbonyl (C=O) groups is 4. The van der Waals surface area contributed by atoms with Gasteiger partial charge in [0.1, 0.15) is 17.7 Å². The van der Waals surface area contributed by atoms with Crippen molar-refractivity contribution >= 4 is 24.1 Å². The number of nitrogens with zero attached hydrogens (tertiary/aromatic N) is 2. The zero-order valence-corrected chi connectivity index (χ0v) is 21.9. The minimum absolute atomic E-state index is 0.0471. The topological polar surface area (TPSA) is 135 Å². The molecule has 0 aliphatic carbocycles. The molecule has 37 heavy (non-hydrogen) atoms. The molecule has 11 nitrogen and oxygen atoms in total. The van der Waals surface area contributed by atoms with Crippen molar-refractivity contribution in [2.75, 3.05) is 26.9 Å². The smallest absolute Gasteiger partial charge is 0.408 e. The molecule has 0 aromatic heterocycles. The van der Waals surface area contributed by atoms with E-state index in [2.05, 4.69) is 11.9 Å². The van der Waals surface area contributed by atoms with Crippen molar-refractivity contribution in [3.8, 4) is 0 Å². The maximum absolute atomic E-state index is 12.8. The number of likely N-dealkylation sites (tertiary alicyclic amines) is 1. The fraction of sp³-hybridized carbons (Fsp3) is 0.538. The van der Waals surface area contributed by atoms with Gasteiger partial charge >= 0.3 is 18.2 Å². The first-order chi connectivity index (χ1) is 17.5. The first-order valence-corrected chi connectivity index (χ1v) is 12.1. The van der Waals surface area contributed by atoms with Gasteiger partial charge in [-0.05, 0) is 44.7 Å². The number of methoxy groups -OCH3 is 1. The summed E-state index contributed by atoms with van der Waals surface area (Å²) < 4.78 is 15.3. The number of hydrogen-bond acceptors (Lipinski definition) is 7. The van der Waals surface area contributed by atoms with Crippen molar-refractivity contribution in [2.45, 2.75) is 64.4 Å². The maximum atomic E-state index is 12.8. The second-order valence-electron chi connectivity index (χ2n) is 9.65. The van der Waals surface area contributed by atoms with E-state index >= 15 is 0 Å². The Morgan fingerprint density at radius 1 is 1.19 bits per heavy atom. The Bertz CT molecular complexity index is 950. The van der Waals surface area contributed by atoms with Crippen LogP contribution in [0.5, 0.6) is 0 Å². The highest BCUT2D eigenvalue weighted by molar-refractivity contribution is 5.90. The van der Waals surface area contributed by atoms with E-state index in [1.54, 1.807) is 26.8 Å². The van der Waals surface area contributed by atoms with Crippen LogP contribution < -0.4 is 5.32 Å². The summed E-state index contributed by atoms with van der Waals surface area (Å²) in [5.41, 5.74) is 1.56. The lowest BCUT2D eigenvalue weighted by atomic mass is 10.1. The van der Waals surface area contributed by atoms with Gasteiger partial charge in [-0.2, -0.15) is 0 Å². The van der Waals surface area contributed by atoms with E-state index in [0.717, 1.165) is 11.1 Å². The molecule has 2 aliphatic heterocycles. The van der Waals surface area contributed by atoms with Crippen LogP contribution >= 0.6 is 0 Å². The number of benzene rings is 1. The van der Waals surface area contributed by atoms with Gasteiger partial charge in [0, 0.05) is 19.6 Å². The molecule has 0 spiro atoms. The summed E-state index contributed by atoms with van der Waals surface area (Å²) >= 11 is 0. The van der Waals surface area contributed by atoms with Gasteiger partial charge in [0.15, 0.2) is 0 Å². The highest BCUT2D eigenvalue weighted by Crippen LogP contribution is 2.22. The van der Waals surface area contributed by atoms with Crippen LogP contribution in [0.4, 0.5) is 9.59 Å². The van der Waals surface area contributed by atoms with Crippen molar-refractivity contribution in [2.24, 2.45) is 0 Å². The van der Waals surface area contributed by atoms with Crippen molar-refractivity contribution in [1.82, 2.24) is 15.1 Å². The zero-order chi connectivity index (χ0) is 27.6. The van der Waals surface area contributed by atoms with Crippen molar-refractivity contribution in [3.05, 3.63) is 48.0 Å². The molecule has 204 valence electrons. The third-order valence-corrected chi connectivity index (χ3v) is 5.63. The third-order valence-electron chi connectivity index (χ3n) is 5.63. The van der Waals surface area contributed by atoms with Gasteiger partial charge in [0.2, 0.25) is 5.91 Å². The summed E-state index contributed by atoms with van der Waals surface area (Å²) in [6.07, 6.45) is 1.21. The Balaban J connectivity index is 0.000000330. The molecular formula is C26H37N3O8. The van der Waals surface area contributed by atoms with Gasteiger partial charge < -0.3 is 29.5 Å². The largest absolute Gasteiger partial charge is 0.467 e. The first-order valence-electron chi connectivity index (χ1n) is 12.1. The van der Waals surface area contributed by atoms with Crippen LogP contribution in [0.25, 0.3) is 0 Å². The average molecular weight is 520 g/mol. The molecule has 1 aromatic carbocycles. The number of rotatable bonds is 7. The van der Waals surface area contributed by atoms with Crippen LogP contribution in [0.2, 0.25) is 0 Å². The second kappa shape index (κ2) is 13.6. The number of esters is 1. The molecule has 0 bridgehead atoms. The molecule has 2 atom stereocenters. The summed E-state index contributed by atoms with van der Waals surface area (Å²) in [5.74, 6) is -0.864. The number of carbonyl (C=O) groups excluding carboxylic acids is 3. The van der Waals surface area contributed by atoms with E-state index in [4.69, 9.17) is 19.3 Å². The zero-order valence-electron chi connectivity index (χ0n) is 21.9. The summed E-state index contributed by atoms with van der Waals surface area (Å²) in [4.78, 5) is 50.1. The molecule has 1 fully saturated rings. The summed E-state index contributed by atoms with van der Waals surface area (Å²) in [7, 11) is 1.28. The van der Waals surface area contributed by atoms with Gasteiger partial charge in [-0.1, -0.05) is 30.3 Å². The number of fused-ring (bicyclic) bond motifs is 1. The van der Waals surface area contributed by atoms with Gasteiger partial charge in [-0.3, -0.25) is 9.69 Å². The molecular weight excluding hydrogens is 482 g/mol. The molecule has 1 aromatic rings. The number of ether oxygens (including phenoxy) is 3. The molecule has 1 saturated heterocycles. The lowest BCUT2D eigenvalue weighted by molar-refractivity contribution is -0.152. The number of alkyl carbamates (subject to hydrolysis) is 1. The number of hydrogen-bond donors (Lipinski definition) is 2. The maximum Gasteiger partial charge on any atom is 0.408 e. The van der Waals surface area contributed by atoms with Gasteiger partial charge in [-0.25, -0.2) is 14.4 Å². The minimum atomic E-state index is -0.958. The molecule has 2 unspecified atom stereocenters. The highest BCUT2D eigenvalue weighted by Gasteiger charge is 2.38. The number of nitrogens with one attached hydrogen (secondary N) is 1. The fourth-order valence-electron chi connectivity index (χ4n) is 3.97. The Hall–Kier alpha value is -3.60. The van der Waals surface area contributed by atoms with Crippen LogP contribution in [-0.4, -0.2) is 83.5 Å². The molecule has 0 radical (unpaired) electrons. The standard InChI is InChI=1S/C17H28N2O6.C9H9NO2/c1-6-10-24-11-12(18-16(22)25-17(2,3)4)14(20)19-9-7-8-13(19)15(21)23-5;11-9(12)10-5-7-3-1-2-4-8(7)6-10/h6,12-13H,1,7-11H2,2-5H3,(H,18,22);1-4H,5-6H2,(H,11,12). The van der Waals surface area contributed by atoms with E-state index < -0.39 is 41.7 Å². The van der Waals surface area contributed by atoms with Crippen molar-refractivity contribution in [1.29, 1.82) is 0 Å². The predicted molar refractivity (Wildman–Crippen MR) is 135 cm³/mol. The molecule has 2 N–H and O–H groups in total. The Labute approximate surface area is 217 Å². The summed E-state index contributed by atoms with van der Waals surface area (Å²) in [6, 6.07) is 6.21. The van der Waals surface area contributed by atoms with Gasteiger partial charge in [0.25, 0.3) is 0 Å². The molecule has 0 saturated carbocycles. The number of carboxylic acid groups (broad SMARTS) is 1. The Morgan fingerprint density at radius 3 is 2.32 bits per heavy atom. The Kier molecular flexibility index (Phi) is 10.9. The van der Waals surface area contributed by atoms with E-state index in [-0.39, 0.29) is 13.2 Å². The summed E-state index contributed by atoms with van der Waals surface area (Å²) in [6.45, 7) is 10.4. The van der Waals surface area contributed by atoms with E-state index in [0.29, 0.717) is 32.5 Å². The minimum Gasteiger partial charge on any atom is -0.467 e. The first kappa shape index (κ1) is 29.6. The average Bonchev–Trinajstić information content (AvgIpc) is 3.49.